The molecule has 0 aliphatic heterocycles. The molecule has 1 aromatic rings. The number of ether oxygens (including phenoxy) is 2. The molecule has 0 bridgehead atoms. The topological polar surface area (TPSA) is 68.3 Å². The molecule has 0 unspecified atom stereocenters. The smallest absolute Gasteiger partial charge is 0.146 e. The quantitative estimate of drug-likeness (QED) is 0.321. The van der Waals surface area contributed by atoms with E-state index in [9.17, 15) is 0 Å². The third-order valence-electron chi connectivity index (χ3n) is 3.53. The summed E-state index contributed by atoms with van der Waals surface area (Å²) >= 11 is 0. The molecule has 0 saturated carbocycles. The van der Waals surface area contributed by atoms with E-state index >= 15 is 0 Å². The third kappa shape index (κ3) is 7.00. The maximum Gasteiger partial charge on any atom is 0.146 e. The molecule has 5 heteroatoms. The third-order valence-corrected chi connectivity index (χ3v) is 5.24. The molecular formula is C18H28N2O2Si. The largest absolute Gasteiger partial charge is 0.398 e. The molecule has 1 aromatic carbocycles. The zero-order chi connectivity index (χ0) is 17.5. The van der Waals surface area contributed by atoms with Crippen LogP contribution in [0.3, 0.4) is 0 Å². The molecule has 126 valence electrons. The molecule has 0 fully saturated rings. The van der Waals surface area contributed by atoms with Crippen LogP contribution in [0.2, 0.25) is 25.7 Å². The van der Waals surface area contributed by atoms with Gasteiger partial charge < -0.3 is 15.2 Å². The van der Waals surface area contributed by atoms with Crippen LogP contribution in [0.1, 0.15) is 23.6 Å². The fourth-order valence-corrected chi connectivity index (χ4v) is 2.83. The van der Waals surface area contributed by atoms with Gasteiger partial charge >= 0.3 is 0 Å². The van der Waals surface area contributed by atoms with Crippen molar-refractivity contribution in [2.24, 2.45) is 0 Å². The number of anilines is 1. The van der Waals surface area contributed by atoms with E-state index in [-0.39, 0.29) is 0 Å². The lowest BCUT2D eigenvalue weighted by atomic mass is 9.97. The molecule has 0 aliphatic carbocycles. The normalized spacial score (nSPS) is 11.3. The van der Waals surface area contributed by atoms with Crippen molar-refractivity contribution < 1.29 is 9.47 Å². The van der Waals surface area contributed by atoms with Gasteiger partial charge in [0.25, 0.3) is 0 Å². The van der Waals surface area contributed by atoms with E-state index in [0.29, 0.717) is 31.1 Å². The van der Waals surface area contributed by atoms with E-state index < -0.39 is 8.07 Å². The standard InChI is InChI=1S/C18H28N2O2Si/c1-14(2)17-11-15(12-19)10-16(18(17)20)6-7-21-13-22-8-9-23(3,4)5/h10-11H,1,6-9,13,20H2,2-5H3. The summed E-state index contributed by atoms with van der Waals surface area (Å²) in [6, 6.07) is 6.89. The monoisotopic (exact) mass is 332 g/mol. The molecular weight excluding hydrogens is 304 g/mol. The number of nitrogens with zero attached hydrogens (tertiary/aromatic N) is 1. The number of hydrogen-bond acceptors (Lipinski definition) is 4. The number of nitriles is 1. The lowest BCUT2D eigenvalue weighted by Crippen LogP contribution is -2.22. The summed E-state index contributed by atoms with van der Waals surface area (Å²) in [7, 11) is -1.05. The highest BCUT2D eigenvalue weighted by molar-refractivity contribution is 6.76. The Kier molecular flexibility index (Phi) is 7.50. The van der Waals surface area contributed by atoms with Crippen LogP contribution < -0.4 is 5.73 Å². The molecule has 23 heavy (non-hydrogen) atoms. The van der Waals surface area contributed by atoms with E-state index in [1.807, 2.05) is 13.0 Å². The van der Waals surface area contributed by atoms with Crippen LogP contribution in [0.25, 0.3) is 5.57 Å². The van der Waals surface area contributed by atoms with Crippen molar-refractivity contribution in [2.75, 3.05) is 25.7 Å². The average molecular weight is 333 g/mol. The maximum atomic E-state index is 9.13. The minimum Gasteiger partial charge on any atom is -0.398 e. The SMILES string of the molecule is C=C(C)c1cc(C#N)cc(CCOCOCC[Si](C)(C)C)c1N. The van der Waals surface area contributed by atoms with Crippen LogP contribution >= 0.6 is 0 Å². The van der Waals surface area contributed by atoms with Crippen molar-refractivity contribution in [1.82, 2.24) is 0 Å². The van der Waals surface area contributed by atoms with Gasteiger partial charge in [0.1, 0.15) is 6.79 Å². The van der Waals surface area contributed by atoms with Gasteiger partial charge in [-0.15, -0.1) is 0 Å². The van der Waals surface area contributed by atoms with Crippen molar-refractivity contribution in [2.45, 2.75) is 39.0 Å². The Morgan fingerprint density at radius 2 is 1.91 bits per heavy atom. The highest BCUT2D eigenvalue weighted by Gasteiger charge is 2.12. The summed E-state index contributed by atoms with van der Waals surface area (Å²) in [6.45, 7) is 14.3. The first-order chi connectivity index (χ1) is 10.7. The van der Waals surface area contributed by atoms with E-state index in [2.05, 4.69) is 32.3 Å². The first kappa shape index (κ1) is 19.4. The van der Waals surface area contributed by atoms with E-state index in [4.69, 9.17) is 20.5 Å². The number of nitrogens with two attached hydrogens (primary N) is 1. The summed E-state index contributed by atoms with van der Waals surface area (Å²) in [4.78, 5) is 0. The first-order valence-corrected chi connectivity index (χ1v) is 11.6. The van der Waals surface area contributed by atoms with E-state index in [1.54, 1.807) is 6.07 Å². The second-order valence-electron chi connectivity index (χ2n) is 6.98. The Morgan fingerprint density at radius 3 is 2.48 bits per heavy atom. The van der Waals surface area contributed by atoms with Gasteiger partial charge in [0, 0.05) is 25.9 Å². The second-order valence-corrected chi connectivity index (χ2v) is 12.6. The summed E-state index contributed by atoms with van der Waals surface area (Å²) < 4.78 is 11.0. The Hall–Kier alpha value is -1.61. The number of allylic oxidation sites excluding steroid dienone is 1. The zero-order valence-electron chi connectivity index (χ0n) is 14.7. The molecule has 1 rings (SSSR count). The van der Waals surface area contributed by atoms with Crippen LogP contribution in [0.15, 0.2) is 18.7 Å². The molecule has 0 heterocycles. The molecule has 0 spiro atoms. The number of nitrogen functional groups attached to an aromatic ring is 1. The minimum absolute atomic E-state index is 0.301. The van der Waals surface area contributed by atoms with Gasteiger partial charge in [-0.25, -0.2) is 0 Å². The summed E-state index contributed by atoms with van der Waals surface area (Å²) in [5.41, 5.74) is 10.1. The Bertz CT molecular complexity index is 586. The van der Waals surface area contributed by atoms with Crippen LogP contribution in [0.4, 0.5) is 5.69 Å². The van der Waals surface area contributed by atoms with Gasteiger partial charge in [0.2, 0.25) is 0 Å². The Balaban J connectivity index is 2.48. The second kappa shape index (κ2) is 8.87. The molecule has 0 saturated heterocycles. The molecule has 0 radical (unpaired) electrons. The fraction of sp³-hybridized carbons (Fsp3) is 0.500. The first-order valence-electron chi connectivity index (χ1n) is 7.88. The number of hydrogen-bond donors (Lipinski definition) is 1. The van der Waals surface area contributed by atoms with Gasteiger partial charge in [0.05, 0.1) is 18.2 Å². The maximum absolute atomic E-state index is 9.13. The lowest BCUT2D eigenvalue weighted by Gasteiger charge is -2.15. The van der Waals surface area contributed by atoms with Crippen LogP contribution in [-0.4, -0.2) is 28.1 Å². The average Bonchev–Trinajstić information content (AvgIpc) is 2.46. The van der Waals surface area contributed by atoms with Crippen molar-refractivity contribution in [3.8, 4) is 6.07 Å². The van der Waals surface area contributed by atoms with Gasteiger partial charge in [-0.1, -0.05) is 26.2 Å². The van der Waals surface area contributed by atoms with Crippen molar-refractivity contribution in [3.63, 3.8) is 0 Å². The van der Waals surface area contributed by atoms with Crippen LogP contribution in [-0.2, 0) is 15.9 Å². The van der Waals surface area contributed by atoms with Crippen LogP contribution in [0.5, 0.6) is 0 Å². The Morgan fingerprint density at radius 1 is 1.26 bits per heavy atom. The van der Waals surface area contributed by atoms with E-state index in [1.165, 1.54) is 0 Å². The summed E-state index contributed by atoms with van der Waals surface area (Å²) in [6.07, 6.45) is 0.652. The predicted octanol–water partition coefficient (Wildman–Crippen LogP) is 4.04. The Labute approximate surface area is 140 Å². The van der Waals surface area contributed by atoms with Crippen molar-refractivity contribution in [1.29, 1.82) is 5.26 Å². The van der Waals surface area contributed by atoms with Crippen LogP contribution in [0, 0.1) is 11.3 Å². The van der Waals surface area contributed by atoms with Gasteiger partial charge in [-0.05, 0) is 42.7 Å². The van der Waals surface area contributed by atoms with E-state index in [0.717, 1.165) is 29.4 Å². The highest BCUT2D eigenvalue weighted by atomic mass is 28.3. The predicted molar refractivity (Wildman–Crippen MR) is 98.9 cm³/mol. The molecule has 4 nitrogen and oxygen atoms in total. The van der Waals surface area contributed by atoms with Gasteiger partial charge in [-0.2, -0.15) is 5.26 Å². The summed E-state index contributed by atoms with van der Waals surface area (Å²) in [5.74, 6) is 0. The fourth-order valence-electron chi connectivity index (χ4n) is 2.08. The molecule has 0 aliphatic rings. The van der Waals surface area contributed by atoms with Crippen molar-refractivity contribution in [3.05, 3.63) is 35.4 Å². The van der Waals surface area contributed by atoms with Crippen molar-refractivity contribution >= 4 is 19.3 Å². The molecule has 2 N–H and O–H groups in total. The summed E-state index contributed by atoms with van der Waals surface area (Å²) in [5, 5.41) is 9.13. The highest BCUT2D eigenvalue weighted by Crippen LogP contribution is 2.26. The molecule has 0 amide bonds. The van der Waals surface area contributed by atoms with Gasteiger partial charge in [0.15, 0.2) is 0 Å². The lowest BCUT2D eigenvalue weighted by molar-refractivity contribution is -0.0483. The van der Waals surface area contributed by atoms with Gasteiger partial charge in [-0.3, -0.25) is 0 Å². The number of benzene rings is 1. The molecule has 0 atom stereocenters. The molecule has 0 aromatic heterocycles. The zero-order valence-corrected chi connectivity index (χ0v) is 15.7. The number of rotatable bonds is 9. The minimum atomic E-state index is -1.05.